The first-order valence-electron chi connectivity index (χ1n) is 8.48. The molecule has 146 valence electrons. The Morgan fingerprint density at radius 2 is 1.43 bits per heavy atom. The van der Waals surface area contributed by atoms with Crippen LogP contribution in [0.2, 0.25) is 0 Å². The molecule has 0 aliphatic carbocycles. The molecule has 1 N–H and O–H groups in total. The first kappa shape index (κ1) is 20.0. The lowest BCUT2D eigenvalue weighted by Crippen LogP contribution is -2.17. The van der Waals surface area contributed by atoms with Crippen molar-refractivity contribution in [3.05, 3.63) is 77.5 Å². The minimum Gasteiger partial charge on any atom is -0.263 e. The van der Waals surface area contributed by atoms with Gasteiger partial charge in [0.15, 0.2) is 0 Å². The summed E-state index contributed by atoms with van der Waals surface area (Å²) in [6.07, 6.45) is 1.47. The van der Waals surface area contributed by atoms with Crippen molar-refractivity contribution < 1.29 is 16.8 Å². The van der Waals surface area contributed by atoms with Crippen LogP contribution in [0.4, 0.5) is 5.82 Å². The Kier molecular flexibility index (Phi) is 5.27. The van der Waals surface area contributed by atoms with Crippen LogP contribution in [0.25, 0.3) is 0 Å². The molecule has 3 aromatic rings. The number of nitrogens with zero attached hydrogens (tertiary/aromatic N) is 1. The van der Waals surface area contributed by atoms with Gasteiger partial charge in [-0.15, -0.1) is 0 Å². The molecule has 1 aromatic heterocycles. The van der Waals surface area contributed by atoms with Gasteiger partial charge in [0.05, 0.1) is 14.7 Å². The molecule has 0 saturated carbocycles. The van der Waals surface area contributed by atoms with E-state index in [1.165, 1.54) is 43.5 Å². The number of sulfone groups is 1. The second kappa shape index (κ2) is 7.37. The summed E-state index contributed by atoms with van der Waals surface area (Å²) in [7, 11) is -7.89. The molecule has 8 heteroatoms. The van der Waals surface area contributed by atoms with Gasteiger partial charge >= 0.3 is 0 Å². The lowest BCUT2D eigenvalue weighted by molar-refractivity contribution is 0.594. The second-order valence-electron chi connectivity index (χ2n) is 6.52. The highest BCUT2D eigenvalue weighted by atomic mass is 32.2. The van der Waals surface area contributed by atoms with E-state index in [0.29, 0.717) is 5.56 Å². The fraction of sp³-hybridized carbons (Fsp3) is 0.150. The van der Waals surface area contributed by atoms with Gasteiger partial charge in [0.25, 0.3) is 10.0 Å². The molecule has 1 heterocycles. The molecule has 6 nitrogen and oxygen atoms in total. The summed E-state index contributed by atoms with van der Waals surface area (Å²) in [5.41, 5.74) is 1.62. The zero-order valence-electron chi connectivity index (χ0n) is 15.7. The number of hydrogen-bond donors (Lipinski definition) is 1. The number of anilines is 1. The maximum absolute atomic E-state index is 13.1. The van der Waals surface area contributed by atoms with E-state index in [0.717, 1.165) is 5.56 Å². The number of hydrogen-bond acceptors (Lipinski definition) is 5. The number of nitrogens with one attached hydrogen (secondary N) is 1. The summed E-state index contributed by atoms with van der Waals surface area (Å²) in [6, 6.07) is 14.2. The van der Waals surface area contributed by atoms with Gasteiger partial charge < -0.3 is 0 Å². The Balaban J connectivity index is 2.14. The minimum absolute atomic E-state index is 0.0299. The first-order chi connectivity index (χ1) is 13.1. The molecule has 0 fully saturated rings. The van der Waals surface area contributed by atoms with Crippen LogP contribution in [0, 0.1) is 20.8 Å². The van der Waals surface area contributed by atoms with Crippen LogP contribution < -0.4 is 4.72 Å². The lowest BCUT2D eigenvalue weighted by Gasteiger charge is -2.15. The molecular weight excluding hydrogens is 396 g/mol. The molecule has 0 aliphatic rings. The Labute approximate surface area is 165 Å². The molecular formula is C20H20N2O4S2. The van der Waals surface area contributed by atoms with Crippen molar-refractivity contribution in [1.82, 2.24) is 4.98 Å². The van der Waals surface area contributed by atoms with Crippen LogP contribution in [-0.4, -0.2) is 21.8 Å². The average Bonchev–Trinajstić information content (AvgIpc) is 2.64. The van der Waals surface area contributed by atoms with Crippen LogP contribution in [-0.2, 0) is 19.9 Å². The standard InChI is InChI=1S/C20H20N2O4S2/c1-14-7-9-17(10-8-14)27(23,24)18-12-15(2)13-19(16(18)3)28(25,26)22-20-6-4-5-11-21-20/h4-13H,1-3H3,(H,21,22). The predicted molar refractivity (Wildman–Crippen MR) is 108 cm³/mol. The minimum atomic E-state index is -4.02. The van der Waals surface area contributed by atoms with Crippen molar-refractivity contribution in [3.8, 4) is 0 Å². The highest BCUT2D eigenvalue weighted by Gasteiger charge is 2.26. The van der Waals surface area contributed by atoms with Crippen molar-refractivity contribution >= 4 is 25.7 Å². The van der Waals surface area contributed by atoms with Gasteiger partial charge in [-0.25, -0.2) is 21.8 Å². The number of aromatic nitrogens is 1. The first-order valence-corrected chi connectivity index (χ1v) is 11.4. The van der Waals surface area contributed by atoms with Crippen molar-refractivity contribution in [2.24, 2.45) is 0 Å². The molecule has 3 rings (SSSR count). The van der Waals surface area contributed by atoms with E-state index < -0.39 is 19.9 Å². The topological polar surface area (TPSA) is 93.2 Å². The summed E-state index contributed by atoms with van der Waals surface area (Å²) >= 11 is 0. The third-order valence-electron chi connectivity index (χ3n) is 4.27. The zero-order chi connectivity index (χ0) is 20.5. The molecule has 0 aliphatic heterocycles. The summed E-state index contributed by atoms with van der Waals surface area (Å²) < 4.78 is 54.4. The van der Waals surface area contributed by atoms with E-state index in [1.807, 2.05) is 6.92 Å². The molecule has 0 atom stereocenters. The van der Waals surface area contributed by atoms with Gasteiger partial charge in [0.1, 0.15) is 5.82 Å². The van der Waals surface area contributed by atoms with Gasteiger partial charge in [0.2, 0.25) is 9.84 Å². The Morgan fingerprint density at radius 1 is 0.786 bits per heavy atom. The van der Waals surface area contributed by atoms with E-state index in [4.69, 9.17) is 0 Å². The van der Waals surface area contributed by atoms with Gasteiger partial charge in [-0.1, -0.05) is 23.8 Å². The monoisotopic (exact) mass is 416 g/mol. The van der Waals surface area contributed by atoms with E-state index in [9.17, 15) is 16.8 Å². The normalized spacial score (nSPS) is 12.0. The third-order valence-corrected chi connectivity index (χ3v) is 7.65. The smallest absolute Gasteiger partial charge is 0.263 e. The zero-order valence-corrected chi connectivity index (χ0v) is 17.3. The van der Waals surface area contributed by atoms with Crippen molar-refractivity contribution in [2.45, 2.75) is 35.5 Å². The van der Waals surface area contributed by atoms with Crippen molar-refractivity contribution in [3.63, 3.8) is 0 Å². The van der Waals surface area contributed by atoms with Crippen LogP contribution >= 0.6 is 0 Å². The average molecular weight is 417 g/mol. The molecule has 0 radical (unpaired) electrons. The molecule has 0 bridgehead atoms. The van der Waals surface area contributed by atoms with E-state index >= 15 is 0 Å². The Hall–Kier alpha value is -2.71. The number of rotatable bonds is 5. The molecule has 0 unspecified atom stereocenters. The Bertz CT molecular complexity index is 1220. The second-order valence-corrected chi connectivity index (χ2v) is 10.1. The molecule has 28 heavy (non-hydrogen) atoms. The summed E-state index contributed by atoms with van der Waals surface area (Å²) in [5, 5.41) is 0. The molecule has 2 aromatic carbocycles. The van der Waals surface area contributed by atoms with Crippen LogP contribution in [0.3, 0.4) is 0 Å². The van der Waals surface area contributed by atoms with Crippen molar-refractivity contribution in [1.29, 1.82) is 0 Å². The van der Waals surface area contributed by atoms with Crippen LogP contribution in [0.5, 0.6) is 0 Å². The van der Waals surface area contributed by atoms with E-state index in [1.54, 1.807) is 31.2 Å². The fourth-order valence-electron chi connectivity index (χ4n) is 2.81. The van der Waals surface area contributed by atoms with Gasteiger partial charge in [-0.3, -0.25) is 4.72 Å². The van der Waals surface area contributed by atoms with Crippen LogP contribution in [0.15, 0.2) is 75.5 Å². The third kappa shape index (κ3) is 3.93. The van der Waals surface area contributed by atoms with E-state index in [-0.39, 0.29) is 26.1 Å². The van der Waals surface area contributed by atoms with Gasteiger partial charge in [0, 0.05) is 6.20 Å². The van der Waals surface area contributed by atoms with Gasteiger partial charge in [-0.05, 0) is 68.3 Å². The lowest BCUT2D eigenvalue weighted by atomic mass is 10.2. The number of benzene rings is 2. The molecule has 0 amide bonds. The fourth-order valence-corrected chi connectivity index (χ4v) is 5.84. The highest BCUT2D eigenvalue weighted by molar-refractivity contribution is 7.93. The Morgan fingerprint density at radius 3 is 2.04 bits per heavy atom. The van der Waals surface area contributed by atoms with E-state index in [2.05, 4.69) is 9.71 Å². The van der Waals surface area contributed by atoms with Gasteiger partial charge in [-0.2, -0.15) is 0 Å². The maximum atomic E-state index is 13.1. The maximum Gasteiger partial charge on any atom is 0.263 e. The van der Waals surface area contributed by atoms with Crippen molar-refractivity contribution in [2.75, 3.05) is 4.72 Å². The quantitative estimate of drug-likeness (QED) is 0.685. The summed E-state index contributed by atoms with van der Waals surface area (Å²) in [4.78, 5) is 3.95. The SMILES string of the molecule is Cc1ccc(S(=O)(=O)c2cc(C)cc(S(=O)(=O)Nc3ccccn3)c2C)cc1. The number of aryl methyl sites for hydroxylation is 2. The number of sulfonamides is 1. The molecule has 0 spiro atoms. The van der Waals surface area contributed by atoms with Crippen LogP contribution in [0.1, 0.15) is 16.7 Å². The highest BCUT2D eigenvalue weighted by Crippen LogP contribution is 2.30. The molecule has 0 saturated heterocycles. The predicted octanol–water partition coefficient (Wildman–Crippen LogP) is 3.64. The number of pyridine rings is 1. The summed E-state index contributed by atoms with van der Waals surface area (Å²) in [6.45, 7) is 5.02. The largest absolute Gasteiger partial charge is 0.263 e. The summed E-state index contributed by atoms with van der Waals surface area (Å²) in [5.74, 6) is 0.159.